The summed E-state index contributed by atoms with van der Waals surface area (Å²) in [5, 5.41) is 16.7. The molecule has 0 aromatic heterocycles. The lowest BCUT2D eigenvalue weighted by Crippen LogP contribution is -2.06. The lowest BCUT2D eigenvalue weighted by Gasteiger charge is -2.03. The van der Waals surface area contributed by atoms with Gasteiger partial charge in [0.1, 0.15) is 0 Å². The second kappa shape index (κ2) is 22.8. The van der Waals surface area contributed by atoms with E-state index in [1.807, 2.05) is 12.1 Å². The third kappa shape index (κ3) is 20.8. The maximum Gasteiger partial charge on any atom is 0.333 e. The van der Waals surface area contributed by atoms with Crippen LogP contribution in [0.4, 0.5) is 0 Å². The average Bonchev–Trinajstić information content (AvgIpc) is 2.93. The van der Waals surface area contributed by atoms with E-state index in [4.69, 9.17) is 19.7 Å². The molecule has 218 valence electrons. The number of benzene rings is 2. The topological polar surface area (TPSA) is 127 Å². The molecule has 40 heavy (non-hydrogen) atoms. The lowest BCUT2D eigenvalue weighted by atomic mass is 10.1. The van der Waals surface area contributed by atoms with Crippen molar-refractivity contribution < 1.29 is 38.9 Å². The van der Waals surface area contributed by atoms with Gasteiger partial charge in [-0.3, -0.25) is 9.59 Å². The highest BCUT2D eigenvalue weighted by Crippen LogP contribution is 2.17. The fourth-order valence-corrected chi connectivity index (χ4v) is 2.95. The monoisotopic (exact) mass is 554 g/mol. The van der Waals surface area contributed by atoms with Crippen molar-refractivity contribution in [3.8, 4) is 11.1 Å². The Morgan fingerprint density at radius 3 is 1.18 bits per heavy atom. The van der Waals surface area contributed by atoms with Crippen molar-refractivity contribution >= 4 is 23.9 Å². The average molecular weight is 555 g/mol. The summed E-state index contributed by atoms with van der Waals surface area (Å²) in [5.74, 6) is -2.35. The zero-order valence-electron chi connectivity index (χ0n) is 23.6. The number of carboxylic acids is 2. The highest BCUT2D eigenvalue weighted by molar-refractivity contribution is 5.87. The van der Waals surface area contributed by atoms with Crippen LogP contribution in [0.1, 0.15) is 65.2 Å². The van der Waals surface area contributed by atoms with E-state index in [1.165, 1.54) is 11.1 Å². The van der Waals surface area contributed by atoms with Gasteiger partial charge in [0, 0.05) is 24.0 Å². The molecule has 2 aromatic rings. The third-order valence-electron chi connectivity index (χ3n) is 5.11. The van der Waals surface area contributed by atoms with Crippen LogP contribution < -0.4 is 0 Å². The van der Waals surface area contributed by atoms with Gasteiger partial charge in [0.15, 0.2) is 0 Å². The first-order valence-corrected chi connectivity index (χ1v) is 13.2. The Hall–Kier alpha value is -4.20. The molecule has 0 spiro atoms. The Morgan fingerprint density at radius 1 is 0.575 bits per heavy atom. The minimum atomic E-state index is -0.788. The van der Waals surface area contributed by atoms with Gasteiger partial charge in [-0.15, -0.1) is 0 Å². The minimum Gasteiger partial charge on any atom is -0.481 e. The quantitative estimate of drug-likeness (QED) is 0.139. The van der Waals surface area contributed by atoms with Crippen molar-refractivity contribution in [2.45, 2.75) is 65.2 Å². The normalized spacial score (nSPS) is 9.55. The molecule has 0 amide bonds. The summed E-state index contributed by atoms with van der Waals surface area (Å²) in [4.78, 5) is 42.0. The Bertz CT molecular complexity index is 960. The van der Waals surface area contributed by atoms with Gasteiger partial charge in [0.2, 0.25) is 0 Å². The molecule has 0 atom stereocenters. The highest BCUT2D eigenvalue weighted by Gasteiger charge is 2.03. The molecule has 0 heterocycles. The molecule has 0 aliphatic carbocycles. The number of rotatable bonds is 15. The Balaban J connectivity index is 0.000000571. The van der Waals surface area contributed by atoms with Crippen molar-refractivity contribution in [3.05, 3.63) is 85.0 Å². The van der Waals surface area contributed by atoms with Gasteiger partial charge in [0.05, 0.1) is 13.2 Å². The SMILES string of the molecule is C=C(C)C(=O)OCCCCCC(=O)O.C=C(C)C(=O)OCCCCCC(=O)O.c1ccc(-c2ccccc2)cc1. The molecular weight excluding hydrogens is 512 g/mol. The summed E-state index contributed by atoms with van der Waals surface area (Å²) in [6.07, 6.45) is 4.52. The molecule has 2 aromatic carbocycles. The number of carbonyl (C=O) groups is 4. The van der Waals surface area contributed by atoms with E-state index in [-0.39, 0.29) is 24.8 Å². The predicted molar refractivity (Wildman–Crippen MR) is 156 cm³/mol. The van der Waals surface area contributed by atoms with Crippen LogP contribution in [0.15, 0.2) is 85.0 Å². The summed E-state index contributed by atoms with van der Waals surface area (Å²) in [6.45, 7) is 10.7. The van der Waals surface area contributed by atoms with Crippen LogP contribution >= 0.6 is 0 Å². The number of carbonyl (C=O) groups excluding carboxylic acids is 2. The number of ether oxygens (including phenoxy) is 2. The minimum absolute atomic E-state index is 0.175. The first kappa shape index (κ1) is 35.8. The standard InChI is InChI=1S/C12H10.2C10H16O4/c1-3-7-11(8-4-1)12-9-5-2-6-10-12;2*1-8(2)10(13)14-7-5-3-4-6-9(11)12/h1-10H;2*1,3-7H2,2H3,(H,11,12). The second-order valence-electron chi connectivity index (χ2n) is 8.97. The van der Waals surface area contributed by atoms with Crippen LogP contribution in [0.2, 0.25) is 0 Å². The molecule has 0 fully saturated rings. The number of carboxylic acid groups (broad SMARTS) is 2. The van der Waals surface area contributed by atoms with Crippen molar-refractivity contribution in [2.24, 2.45) is 0 Å². The van der Waals surface area contributed by atoms with Crippen LogP contribution in [0.5, 0.6) is 0 Å². The van der Waals surface area contributed by atoms with Crippen molar-refractivity contribution in [1.82, 2.24) is 0 Å². The van der Waals surface area contributed by atoms with E-state index in [1.54, 1.807) is 13.8 Å². The maximum absolute atomic E-state index is 10.9. The summed E-state index contributed by atoms with van der Waals surface area (Å²) in [6, 6.07) is 20.8. The van der Waals surface area contributed by atoms with Gasteiger partial charge >= 0.3 is 23.9 Å². The first-order valence-electron chi connectivity index (χ1n) is 13.2. The summed E-state index contributed by atoms with van der Waals surface area (Å²) < 4.78 is 9.65. The van der Waals surface area contributed by atoms with E-state index in [0.29, 0.717) is 50.0 Å². The van der Waals surface area contributed by atoms with Crippen LogP contribution in [0.25, 0.3) is 11.1 Å². The van der Waals surface area contributed by atoms with E-state index in [9.17, 15) is 19.2 Å². The molecule has 0 aliphatic rings. The second-order valence-corrected chi connectivity index (χ2v) is 8.97. The molecule has 2 N–H and O–H groups in total. The fourth-order valence-electron chi connectivity index (χ4n) is 2.95. The first-order chi connectivity index (χ1) is 19.0. The predicted octanol–water partition coefficient (Wildman–Crippen LogP) is 6.86. The van der Waals surface area contributed by atoms with E-state index in [0.717, 1.165) is 12.8 Å². The molecular formula is C32H42O8. The number of hydrogen-bond donors (Lipinski definition) is 2. The van der Waals surface area contributed by atoms with Gasteiger partial charge in [-0.1, -0.05) is 73.8 Å². The molecule has 0 aliphatic heterocycles. The molecule has 0 unspecified atom stereocenters. The van der Waals surface area contributed by atoms with Crippen molar-refractivity contribution in [2.75, 3.05) is 13.2 Å². The number of hydrogen-bond acceptors (Lipinski definition) is 6. The molecule has 0 saturated carbocycles. The highest BCUT2D eigenvalue weighted by atomic mass is 16.5. The van der Waals surface area contributed by atoms with Crippen LogP contribution in [-0.2, 0) is 28.7 Å². The van der Waals surface area contributed by atoms with Gasteiger partial charge in [-0.05, 0) is 63.5 Å². The number of aliphatic carboxylic acids is 2. The Morgan fingerprint density at radius 2 is 0.900 bits per heavy atom. The zero-order chi connectivity index (χ0) is 30.2. The van der Waals surface area contributed by atoms with E-state index >= 15 is 0 Å². The van der Waals surface area contributed by atoms with Gasteiger partial charge in [-0.25, -0.2) is 9.59 Å². The maximum atomic E-state index is 10.9. The van der Waals surface area contributed by atoms with E-state index < -0.39 is 11.9 Å². The fraction of sp³-hybridized carbons (Fsp3) is 0.375. The number of unbranched alkanes of at least 4 members (excludes halogenated alkanes) is 4. The largest absolute Gasteiger partial charge is 0.481 e. The third-order valence-corrected chi connectivity index (χ3v) is 5.11. The molecule has 0 bridgehead atoms. The molecule has 0 radical (unpaired) electrons. The molecule has 2 rings (SSSR count). The van der Waals surface area contributed by atoms with E-state index in [2.05, 4.69) is 61.7 Å². The summed E-state index contributed by atoms with van der Waals surface area (Å²) in [7, 11) is 0. The van der Waals surface area contributed by atoms with Crippen LogP contribution in [0, 0.1) is 0 Å². The number of esters is 2. The zero-order valence-corrected chi connectivity index (χ0v) is 23.6. The van der Waals surface area contributed by atoms with Gasteiger partial charge < -0.3 is 19.7 Å². The summed E-state index contributed by atoms with van der Waals surface area (Å²) in [5.41, 5.74) is 3.32. The van der Waals surface area contributed by atoms with Crippen molar-refractivity contribution in [1.29, 1.82) is 0 Å². The summed E-state index contributed by atoms with van der Waals surface area (Å²) >= 11 is 0. The Labute approximate surface area is 237 Å². The smallest absolute Gasteiger partial charge is 0.333 e. The van der Waals surface area contributed by atoms with Crippen LogP contribution in [-0.4, -0.2) is 47.3 Å². The van der Waals surface area contributed by atoms with Gasteiger partial charge in [-0.2, -0.15) is 0 Å². The lowest BCUT2D eigenvalue weighted by molar-refractivity contribution is -0.140. The molecule has 0 saturated heterocycles. The molecule has 8 heteroatoms. The molecule has 8 nitrogen and oxygen atoms in total. The van der Waals surface area contributed by atoms with Crippen molar-refractivity contribution in [3.63, 3.8) is 0 Å². The van der Waals surface area contributed by atoms with Crippen LogP contribution in [0.3, 0.4) is 0 Å². The van der Waals surface area contributed by atoms with Gasteiger partial charge in [0.25, 0.3) is 0 Å². The Kier molecular flexibility index (Phi) is 20.4.